The number of hydrogen-bond acceptors (Lipinski definition) is 7. The average Bonchev–Trinajstić information content (AvgIpc) is 2.81. The fourth-order valence-electron chi connectivity index (χ4n) is 4.38. The molecule has 1 aromatic carbocycles. The number of sulfonamides is 1. The van der Waals surface area contributed by atoms with Crippen LogP contribution in [0.4, 0.5) is 0 Å². The van der Waals surface area contributed by atoms with Gasteiger partial charge in [0.25, 0.3) is 0 Å². The Morgan fingerprint density at radius 3 is 2.39 bits per heavy atom. The number of nitrogens with two attached hydrogens (primary N) is 1. The number of ether oxygens (including phenoxy) is 1. The predicted octanol–water partition coefficient (Wildman–Crippen LogP) is -0.649. The lowest BCUT2D eigenvalue weighted by Crippen LogP contribution is -2.64. The largest absolute Gasteiger partial charge is 0.467 e. The van der Waals surface area contributed by atoms with Gasteiger partial charge in [-0.05, 0) is 43.7 Å². The van der Waals surface area contributed by atoms with Gasteiger partial charge in [-0.1, -0.05) is 18.2 Å². The Morgan fingerprint density at radius 1 is 1.16 bits per heavy atom. The van der Waals surface area contributed by atoms with Gasteiger partial charge in [-0.25, -0.2) is 13.2 Å². The lowest BCUT2D eigenvalue weighted by Gasteiger charge is -2.49. The molecule has 3 fully saturated rings. The first-order valence-corrected chi connectivity index (χ1v) is 11.7. The Bertz CT molecular complexity index is 915. The van der Waals surface area contributed by atoms with Crippen LogP contribution in [-0.2, 0) is 29.1 Å². The zero-order valence-electron chi connectivity index (χ0n) is 17.3. The first kappa shape index (κ1) is 23.2. The Hall–Kier alpha value is -2.50. The number of nitrogens with one attached hydrogen (secondary N) is 2. The molecule has 1 saturated carbocycles. The van der Waals surface area contributed by atoms with Crippen molar-refractivity contribution in [3.05, 3.63) is 30.3 Å². The Balaban J connectivity index is 1.86. The highest BCUT2D eigenvalue weighted by Gasteiger charge is 2.51. The molecular weight excluding hydrogens is 424 g/mol. The zero-order chi connectivity index (χ0) is 22.6. The molecule has 170 valence electrons. The summed E-state index contributed by atoms with van der Waals surface area (Å²) in [6, 6.07) is 5.64. The molecule has 4 N–H and O–H groups in total. The van der Waals surface area contributed by atoms with Crippen LogP contribution in [0.1, 0.15) is 25.7 Å². The van der Waals surface area contributed by atoms with E-state index in [1.807, 2.05) is 0 Å². The number of methoxy groups -OCH3 is 1. The molecular formula is C20H28N4O6S. The van der Waals surface area contributed by atoms with Crippen molar-refractivity contribution >= 4 is 27.8 Å². The summed E-state index contributed by atoms with van der Waals surface area (Å²) in [5.41, 5.74) is 5.26. The van der Waals surface area contributed by atoms with Crippen molar-refractivity contribution < 1.29 is 27.5 Å². The minimum atomic E-state index is -3.91. The lowest BCUT2D eigenvalue weighted by molar-refractivity contribution is -0.146. The number of benzene rings is 1. The van der Waals surface area contributed by atoms with E-state index < -0.39 is 39.9 Å². The fourth-order valence-corrected chi connectivity index (χ4v) is 6.29. The number of amides is 2. The van der Waals surface area contributed by atoms with Gasteiger partial charge in [0.2, 0.25) is 21.8 Å². The molecule has 0 radical (unpaired) electrons. The van der Waals surface area contributed by atoms with Gasteiger partial charge in [-0.2, -0.15) is 4.31 Å². The maximum absolute atomic E-state index is 13.4. The molecule has 11 heteroatoms. The third-order valence-corrected chi connectivity index (χ3v) is 7.85. The lowest BCUT2D eigenvalue weighted by atomic mass is 9.76. The van der Waals surface area contributed by atoms with Crippen molar-refractivity contribution in [2.24, 2.45) is 11.7 Å². The molecule has 1 aliphatic carbocycles. The van der Waals surface area contributed by atoms with Crippen LogP contribution in [0.5, 0.6) is 0 Å². The van der Waals surface area contributed by atoms with E-state index >= 15 is 0 Å². The molecule has 2 amide bonds. The second kappa shape index (κ2) is 9.75. The predicted molar refractivity (Wildman–Crippen MR) is 111 cm³/mol. The highest BCUT2D eigenvalue weighted by atomic mass is 32.2. The van der Waals surface area contributed by atoms with E-state index in [2.05, 4.69) is 10.6 Å². The molecule has 2 heterocycles. The second-order valence-electron chi connectivity index (χ2n) is 7.75. The van der Waals surface area contributed by atoms with Crippen molar-refractivity contribution in [2.75, 3.05) is 20.2 Å². The minimum Gasteiger partial charge on any atom is -0.467 e. The third kappa shape index (κ3) is 4.89. The highest BCUT2D eigenvalue weighted by Crippen LogP contribution is 2.42. The van der Waals surface area contributed by atoms with Crippen LogP contribution in [0.15, 0.2) is 35.2 Å². The molecule has 1 unspecified atom stereocenters. The van der Waals surface area contributed by atoms with E-state index in [-0.39, 0.29) is 29.9 Å². The molecule has 2 aliphatic heterocycles. The molecule has 10 nitrogen and oxygen atoms in total. The molecule has 2 saturated heterocycles. The van der Waals surface area contributed by atoms with E-state index in [0.29, 0.717) is 12.8 Å². The summed E-state index contributed by atoms with van der Waals surface area (Å²) in [7, 11) is -2.74. The van der Waals surface area contributed by atoms with Gasteiger partial charge in [0, 0.05) is 12.6 Å². The Morgan fingerprint density at radius 2 is 1.81 bits per heavy atom. The summed E-state index contributed by atoms with van der Waals surface area (Å²) in [6.45, 7) is -0.474. The van der Waals surface area contributed by atoms with Crippen molar-refractivity contribution in [2.45, 2.75) is 48.7 Å². The number of rotatable bonds is 8. The Kier molecular flexibility index (Phi) is 7.29. The minimum absolute atomic E-state index is 0.125. The maximum Gasteiger partial charge on any atom is 0.330 e. The zero-order valence-corrected chi connectivity index (χ0v) is 18.1. The summed E-state index contributed by atoms with van der Waals surface area (Å²) < 4.78 is 32.8. The van der Waals surface area contributed by atoms with Gasteiger partial charge in [-0.3, -0.25) is 9.59 Å². The summed E-state index contributed by atoms with van der Waals surface area (Å²) in [6.07, 6.45) is 2.84. The fraction of sp³-hybridized carbons (Fsp3) is 0.550. The van der Waals surface area contributed by atoms with Crippen molar-refractivity contribution in [1.82, 2.24) is 14.9 Å². The first-order valence-electron chi connectivity index (χ1n) is 10.2. The normalized spacial score (nSPS) is 24.3. The monoisotopic (exact) mass is 452 g/mol. The van der Waals surface area contributed by atoms with Crippen LogP contribution in [0.3, 0.4) is 0 Å². The number of esters is 1. The third-order valence-electron chi connectivity index (χ3n) is 5.90. The number of fused-ring (bicyclic) bond motifs is 3. The van der Waals surface area contributed by atoms with E-state index in [9.17, 15) is 22.8 Å². The SMILES string of the molecule is COC(=O)[C@@H](CNC(=O)CN)NC(=O)C1C2CCC(CC2)N1S(=O)(=O)c1ccccc1. The van der Waals surface area contributed by atoms with Crippen molar-refractivity contribution in [3.63, 3.8) is 0 Å². The van der Waals surface area contributed by atoms with Gasteiger partial charge in [-0.15, -0.1) is 0 Å². The summed E-state index contributed by atoms with van der Waals surface area (Å²) in [5, 5.41) is 5.03. The number of nitrogens with zero attached hydrogens (tertiary/aromatic N) is 1. The number of hydrogen-bond donors (Lipinski definition) is 3. The molecule has 0 aromatic heterocycles. The van der Waals surface area contributed by atoms with Crippen molar-refractivity contribution in [3.8, 4) is 0 Å². The molecule has 0 spiro atoms. The quantitative estimate of drug-likeness (QED) is 0.444. The second-order valence-corrected chi connectivity index (χ2v) is 9.60. The van der Waals surface area contributed by atoms with Crippen molar-refractivity contribution in [1.29, 1.82) is 0 Å². The van der Waals surface area contributed by atoms with E-state index in [4.69, 9.17) is 10.5 Å². The van der Waals surface area contributed by atoms with Crippen LogP contribution >= 0.6 is 0 Å². The molecule has 3 aliphatic rings. The number of carbonyl (C=O) groups excluding carboxylic acids is 3. The molecule has 4 rings (SSSR count). The first-order chi connectivity index (χ1) is 14.8. The maximum atomic E-state index is 13.4. The molecule has 31 heavy (non-hydrogen) atoms. The van der Waals surface area contributed by atoms with E-state index in [0.717, 1.165) is 12.8 Å². The van der Waals surface area contributed by atoms with Gasteiger partial charge in [0.05, 0.1) is 18.6 Å². The smallest absolute Gasteiger partial charge is 0.330 e. The van der Waals surface area contributed by atoms with Crippen LogP contribution in [0, 0.1) is 5.92 Å². The number of piperidine rings is 2. The molecule has 2 bridgehead atoms. The summed E-state index contributed by atoms with van der Waals surface area (Å²) >= 11 is 0. The van der Waals surface area contributed by atoms with E-state index in [1.54, 1.807) is 18.2 Å². The van der Waals surface area contributed by atoms with Crippen LogP contribution in [0.25, 0.3) is 0 Å². The standard InChI is InChI=1S/C20H28N4O6S/c1-30-20(27)16(12-22-17(25)11-21)23-19(26)18-13-7-9-14(10-8-13)24(18)31(28,29)15-5-3-2-4-6-15/h2-6,13-14,16,18H,7-12,21H2,1H3,(H,22,25)(H,23,26)/t13?,14?,16-,18?/m1/s1. The summed E-state index contributed by atoms with van der Waals surface area (Å²) in [4.78, 5) is 37.0. The van der Waals surface area contributed by atoms with E-state index in [1.165, 1.54) is 23.5 Å². The van der Waals surface area contributed by atoms with Crippen LogP contribution in [0.2, 0.25) is 0 Å². The van der Waals surface area contributed by atoms with Gasteiger partial charge in [0.1, 0.15) is 12.1 Å². The number of carbonyl (C=O) groups is 3. The van der Waals surface area contributed by atoms with Gasteiger partial charge in [0.15, 0.2) is 0 Å². The van der Waals surface area contributed by atoms with Crippen LogP contribution < -0.4 is 16.4 Å². The Labute approximate surface area is 181 Å². The topological polar surface area (TPSA) is 148 Å². The van der Waals surface area contributed by atoms with Gasteiger partial charge >= 0.3 is 5.97 Å². The van der Waals surface area contributed by atoms with Crippen LogP contribution in [-0.4, -0.2) is 68.8 Å². The molecule has 2 atom stereocenters. The average molecular weight is 453 g/mol. The molecule has 1 aromatic rings. The van der Waals surface area contributed by atoms with Gasteiger partial charge < -0.3 is 21.1 Å². The highest BCUT2D eigenvalue weighted by molar-refractivity contribution is 7.89. The summed E-state index contributed by atoms with van der Waals surface area (Å²) in [5.74, 6) is -1.97.